The summed E-state index contributed by atoms with van der Waals surface area (Å²) in [5, 5.41) is 28.3. The van der Waals surface area contributed by atoms with E-state index < -0.39 is 18.6 Å². The molecule has 0 aliphatic heterocycles. The molecule has 1 fully saturated rings. The number of benzene rings is 2. The van der Waals surface area contributed by atoms with Gasteiger partial charge in [0, 0.05) is 23.8 Å². The number of hydrogen-bond donors (Lipinski definition) is 4. The Balaban J connectivity index is 1.57. The number of nitrogens with two attached hydrogens (primary N) is 1. The second-order valence-corrected chi connectivity index (χ2v) is 9.00. The first-order valence-electron chi connectivity index (χ1n) is 10.7. The summed E-state index contributed by atoms with van der Waals surface area (Å²) in [6.45, 7) is 0. The summed E-state index contributed by atoms with van der Waals surface area (Å²) in [4.78, 5) is 14.1. The topological polar surface area (TPSA) is 107 Å². The van der Waals surface area contributed by atoms with Gasteiger partial charge in [0.15, 0.2) is 0 Å². The maximum absolute atomic E-state index is 11.9. The van der Waals surface area contributed by atoms with Gasteiger partial charge >= 0.3 is 13.1 Å². The van der Waals surface area contributed by atoms with E-state index in [4.69, 9.17) is 27.4 Å². The SMILES string of the molecule is CN(c1ccc(-c2ccc(Cl)cc2)cc1)[C@H]1C[C@H]([C@@](N)(CCCCB(O)O)C(=O)O)C1. The van der Waals surface area contributed by atoms with Crippen molar-refractivity contribution in [1.29, 1.82) is 0 Å². The molecular weight excluding hydrogens is 415 g/mol. The van der Waals surface area contributed by atoms with Crippen LogP contribution in [0.2, 0.25) is 11.3 Å². The Labute approximate surface area is 188 Å². The summed E-state index contributed by atoms with van der Waals surface area (Å²) >= 11 is 5.96. The van der Waals surface area contributed by atoms with Gasteiger partial charge in [-0.25, -0.2) is 0 Å². The van der Waals surface area contributed by atoms with Crippen LogP contribution in [-0.2, 0) is 4.79 Å². The Morgan fingerprint density at radius 2 is 1.65 bits per heavy atom. The molecule has 0 amide bonds. The van der Waals surface area contributed by atoms with Crippen LogP contribution in [0, 0.1) is 5.92 Å². The Hall–Kier alpha value is -2.06. The fourth-order valence-electron chi connectivity index (χ4n) is 4.30. The van der Waals surface area contributed by atoms with E-state index in [2.05, 4.69) is 29.2 Å². The number of aliphatic carboxylic acids is 1. The van der Waals surface area contributed by atoms with Crippen LogP contribution in [0.15, 0.2) is 48.5 Å². The van der Waals surface area contributed by atoms with Crippen LogP contribution in [0.4, 0.5) is 5.69 Å². The summed E-state index contributed by atoms with van der Waals surface area (Å²) in [5.41, 5.74) is 8.33. The number of halogens is 1. The number of carbonyl (C=O) groups is 1. The van der Waals surface area contributed by atoms with E-state index in [0.717, 1.165) is 29.7 Å². The number of carboxylic acid groups (broad SMARTS) is 1. The lowest BCUT2D eigenvalue weighted by Gasteiger charge is -2.48. The van der Waals surface area contributed by atoms with E-state index >= 15 is 0 Å². The Kier molecular flexibility index (Phi) is 7.65. The van der Waals surface area contributed by atoms with Gasteiger partial charge in [-0.15, -0.1) is 0 Å². The Bertz CT molecular complexity index is 872. The number of rotatable bonds is 10. The van der Waals surface area contributed by atoms with Gasteiger partial charge < -0.3 is 25.8 Å². The molecule has 0 bridgehead atoms. The highest BCUT2D eigenvalue weighted by molar-refractivity contribution is 6.40. The smallest absolute Gasteiger partial charge is 0.451 e. The third-order valence-electron chi connectivity index (χ3n) is 6.54. The van der Waals surface area contributed by atoms with E-state index in [0.29, 0.717) is 24.3 Å². The number of hydrogen-bond acceptors (Lipinski definition) is 5. The third kappa shape index (κ3) is 5.60. The average Bonchev–Trinajstić information content (AvgIpc) is 2.70. The Morgan fingerprint density at radius 1 is 1.10 bits per heavy atom. The first kappa shape index (κ1) is 23.6. The predicted octanol–water partition coefficient (Wildman–Crippen LogP) is 3.65. The second-order valence-electron chi connectivity index (χ2n) is 8.56. The molecule has 0 spiro atoms. The van der Waals surface area contributed by atoms with Crippen molar-refractivity contribution in [2.45, 2.75) is 50.0 Å². The van der Waals surface area contributed by atoms with Gasteiger partial charge in [0.25, 0.3) is 0 Å². The number of nitrogens with zero attached hydrogens (tertiary/aromatic N) is 1. The van der Waals surface area contributed by atoms with Gasteiger partial charge in [0.1, 0.15) is 5.54 Å². The fourth-order valence-corrected chi connectivity index (χ4v) is 4.42. The maximum atomic E-state index is 11.9. The lowest BCUT2D eigenvalue weighted by Crippen LogP contribution is -2.61. The van der Waals surface area contributed by atoms with Crippen molar-refractivity contribution < 1.29 is 19.9 Å². The molecule has 0 saturated heterocycles. The fraction of sp³-hybridized carbons (Fsp3) is 0.435. The minimum atomic E-state index is -1.36. The maximum Gasteiger partial charge on any atom is 0.451 e. The lowest BCUT2D eigenvalue weighted by atomic mass is 9.65. The number of carboxylic acids is 1. The monoisotopic (exact) mass is 444 g/mol. The minimum Gasteiger partial charge on any atom is -0.480 e. The van der Waals surface area contributed by atoms with Crippen molar-refractivity contribution in [1.82, 2.24) is 0 Å². The molecule has 1 atom stereocenters. The molecule has 5 N–H and O–H groups in total. The minimum absolute atomic E-state index is 0.0927. The molecule has 0 aromatic heterocycles. The van der Waals surface area contributed by atoms with Crippen LogP contribution >= 0.6 is 11.6 Å². The van der Waals surface area contributed by atoms with Gasteiger partial charge in [-0.2, -0.15) is 0 Å². The lowest BCUT2D eigenvalue weighted by molar-refractivity contribution is -0.147. The first-order valence-corrected chi connectivity index (χ1v) is 11.1. The zero-order chi connectivity index (χ0) is 22.6. The van der Waals surface area contributed by atoms with Crippen molar-refractivity contribution in [3.8, 4) is 11.1 Å². The van der Waals surface area contributed by atoms with Crippen molar-refractivity contribution in [2.24, 2.45) is 11.7 Å². The van der Waals surface area contributed by atoms with Gasteiger partial charge in [-0.05, 0) is 66.9 Å². The molecule has 1 aliphatic rings. The van der Waals surface area contributed by atoms with E-state index in [1.54, 1.807) is 0 Å². The molecule has 0 unspecified atom stereocenters. The summed E-state index contributed by atoms with van der Waals surface area (Å²) in [6, 6.07) is 16.3. The number of unbranched alkanes of at least 4 members (excludes halogenated alkanes) is 1. The molecule has 2 aromatic rings. The third-order valence-corrected chi connectivity index (χ3v) is 6.79. The molecule has 3 rings (SSSR count). The molecule has 31 heavy (non-hydrogen) atoms. The van der Waals surface area contributed by atoms with E-state index in [-0.39, 0.29) is 18.3 Å². The zero-order valence-corrected chi connectivity index (χ0v) is 18.5. The van der Waals surface area contributed by atoms with Crippen LogP contribution < -0.4 is 10.6 Å². The van der Waals surface area contributed by atoms with Gasteiger partial charge in [-0.1, -0.05) is 48.7 Å². The molecule has 6 nitrogen and oxygen atoms in total. The molecule has 8 heteroatoms. The van der Waals surface area contributed by atoms with E-state index in [9.17, 15) is 9.90 Å². The molecule has 2 aromatic carbocycles. The second kappa shape index (κ2) is 10.0. The molecular formula is C23H30BClN2O4. The van der Waals surface area contributed by atoms with Crippen molar-refractivity contribution in [3.05, 3.63) is 53.6 Å². The first-order chi connectivity index (χ1) is 14.7. The van der Waals surface area contributed by atoms with Crippen LogP contribution in [0.1, 0.15) is 32.1 Å². The van der Waals surface area contributed by atoms with Crippen LogP contribution in [0.25, 0.3) is 11.1 Å². The molecule has 0 heterocycles. The summed E-state index contributed by atoms with van der Waals surface area (Å²) in [7, 11) is 0.671. The molecule has 1 saturated carbocycles. The quantitative estimate of drug-likeness (QED) is 0.329. The van der Waals surface area contributed by atoms with E-state index in [1.165, 1.54) is 0 Å². The van der Waals surface area contributed by atoms with Crippen LogP contribution in [-0.4, -0.2) is 46.9 Å². The average molecular weight is 445 g/mol. The highest BCUT2D eigenvalue weighted by atomic mass is 35.5. The highest BCUT2D eigenvalue weighted by Gasteiger charge is 2.49. The molecule has 0 radical (unpaired) electrons. The van der Waals surface area contributed by atoms with E-state index in [1.807, 2.05) is 31.3 Å². The summed E-state index contributed by atoms with van der Waals surface area (Å²) in [6.07, 6.45) is 3.12. The normalized spacial score (nSPS) is 19.9. The van der Waals surface area contributed by atoms with Crippen LogP contribution in [0.3, 0.4) is 0 Å². The van der Waals surface area contributed by atoms with Gasteiger partial charge in [0.2, 0.25) is 0 Å². The molecule has 166 valence electrons. The predicted molar refractivity (Wildman–Crippen MR) is 125 cm³/mol. The zero-order valence-electron chi connectivity index (χ0n) is 17.7. The highest BCUT2D eigenvalue weighted by Crippen LogP contribution is 2.42. The van der Waals surface area contributed by atoms with Gasteiger partial charge in [0.05, 0.1) is 0 Å². The van der Waals surface area contributed by atoms with Crippen molar-refractivity contribution in [3.63, 3.8) is 0 Å². The summed E-state index contributed by atoms with van der Waals surface area (Å²) < 4.78 is 0. The van der Waals surface area contributed by atoms with Crippen molar-refractivity contribution in [2.75, 3.05) is 11.9 Å². The largest absolute Gasteiger partial charge is 0.480 e. The van der Waals surface area contributed by atoms with Crippen molar-refractivity contribution >= 4 is 30.4 Å². The number of anilines is 1. The van der Waals surface area contributed by atoms with Crippen LogP contribution in [0.5, 0.6) is 0 Å². The Morgan fingerprint density at radius 3 is 2.16 bits per heavy atom. The van der Waals surface area contributed by atoms with Gasteiger partial charge in [-0.3, -0.25) is 4.79 Å². The summed E-state index contributed by atoms with van der Waals surface area (Å²) in [5.74, 6) is -1.07. The molecule has 1 aliphatic carbocycles. The standard InChI is InChI=1S/C23H30BClN2O4/c1-27(20-10-6-17(7-11-20)16-4-8-19(25)9-5-16)21-14-18(15-21)23(26,22(28)29)12-2-3-13-24(30)31/h4-11,18,21,30-31H,2-3,12-15,26H2,1H3,(H,28,29)/t18-,21-,23-/m0/s1.